The maximum atomic E-state index is 14.0. The second-order valence-electron chi connectivity index (χ2n) is 8.80. The summed E-state index contributed by atoms with van der Waals surface area (Å²) in [6.45, 7) is 4.55. The summed E-state index contributed by atoms with van der Waals surface area (Å²) in [5.41, 5.74) is 6.36. The Morgan fingerprint density at radius 1 is 0.886 bits per heavy atom. The van der Waals surface area contributed by atoms with Gasteiger partial charge in [0.1, 0.15) is 0 Å². The molecule has 5 rings (SSSR count). The first-order chi connectivity index (χ1) is 17.1. The molecule has 0 saturated carbocycles. The average molecular weight is 478 g/mol. The molecular formula is C30H27N3OS. The number of pyridine rings is 1. The van der Waals surface area contributed by atoms with E-state index in [1.54, 1.807) is 22.4 Å². The van der Waals surface area contributed by atoms with Crippen molar-refractivity contribution < 1.29 is 4.79 Å². The van der Waals surface area contributed by atoms with Gasteiger partial charge in [0.2, 0.25) is 5.91 Å². The van der Waals surface area contributed by atoms with Crippen LogP contribution in [0.2, 0.25) is 0 Å². The summed E-state index contributed by atoms with van der Waals surface area (Å²) in [6.07, 6.45) is 2.11. The van der Waals surface area contributed by atoms with Crippen LogP contribution in [0.25, 0.3) is 10.2 Å². The third-order valence-electron chi connectivity index (χ3n) is 6.18. The largest absolute Gasteiger partial charge is 0.282 e. The SMILES string of the molecule is Cc1cc(C)c2nc(N(Cc3ccccn3)C(=O)CC(c3ccccc3)c3ccccc3)sc2c1. The maximum absolute atomic E-state index is 14.0. The molecule has 0 unspecified atom stereocenters. The molecule has 35 heavy (non-hydrogen) atoms. The highest BCUT2D eigenvalue weighted by Gasteiger charge is 2.26. The molecule has 0 atom stereocenters. The van der Waals surface area contributed by atoms with Crippen molar-refractivity contribution in [2.24, 2.45) is 0 Å². The minimum absolute atomic E-state index is 0.0294. The molecule has 0 aliphatic heterocycles. The number of benzene rings is 3. The first-order valence-electron chi connectivity index (χ1n) is 11.8. The number of nitrogens with zero attached hydrogens (tertiary/aromatic N) is 3. The Morgan fingerprint density at radius 2 is 1.54 bits per heavy atom. The van der Waals surface area contributed by atoms with E-state index in [0.29, 0.717) is 18.1 Å². The van der Waals surface area contributed by atoms with Crippen molar-refractivity contribution in [3.8, 4) is 0 Å². The third kappa shape index (κ3) is 5.15. The lowest BCUT2D eigenvalue weighted by Gasteiger charge is -2.24. The Balaban J connectivity index is 1.54. The molecule has 174 valence electrons. The van der Waals surface area contributed by atoms with Crippen molar-refractivity contribution in [3.63, 3.8) is 0 Å². The van der Waals surface area contributed by atoms with Crippen molar-refractivity contribution in [2.45, 2.75) is 32.7 Å². The van der Waals surface area contributed by atoms with Gasteiger partial charge in [-0.2, -0.15) is 0 Å². The van der Waals surface area contributed by atoms with Gasteiger partial charge in [-0.15, -0.1) is 0 Å². The number of rotatable bonds is 7. The van der Waals surface area contributed by atoms with E-state index >= 15 is 0 Å². The summed E-state index contributed by atoms with van der Waals surface area (Å²) in [5, 5.41) is 0.712. The molecule has 4 nitrogen and oxygen atoms in total. The van der Waals surface area contributed by atoms with E-state index in [0.717, 1.165) is 32.6 Å². The van der Waals surface area contributed by atoms with Crippen LogP contribution in [0.4, 0.5) is 5.13 Å². The molecule has 0 radical (unpaired) electrons. The van der Waals surface area contributed by atoms with E-state index in [9.17, 15) is 4.79 Å². The standard InChI is InChI=1S/C30H27N3OS/c1-21-17-22(2)29-27(18-21)35-30(32-29)33(20-25-15-9-10-16-31-25)28(34)19-26(23-11-5-3-6-12-23)24-13-7-4-8-14-24/h3-18,26H,19-20H2,1-2H3. The molecular weight excluding hydrogens is 450 g/mol. The fourth-order valence-electron chi connectivity index (χ4n) is 4.47. The van der Waals surface area contributed by atoms with Crippen LogP contribution >= 0.6 is 11.3 Å². The Kier molecular flexibility index (Phi) is 6.68. The van der Waals surface area contributed by atoms with Gasteiger partial charge in [0, 0.05) is 18.5 Å². The van der Waals surface area contributed by atoms with Crippen LogP contribution < -0.4 is 4.90 Å². The van der Waals surface area contributed by atoms with E-state index in [4.69, 9.17) is 4.98 Å². The maximum Gasteiger partial charge on any atom is 0.230 e. The normalized spacial score (nSPS) is 11.2. The van der Waals surface area contributed by atoms with Crippen molar-refractivity contribution in [2.75, 3.05) is 4.90 Å². The predicted octanol–water partition coefficient (Wildman–Crippen LogP) is 7.06. The number of aromatic nitrogens is 2. The molecule has 5 aromatic rings. The zero-order chi connectivity index (χ0) is 24.2. The fourth-order valence-corrected chi connectivity index (χ4v) is 5.63. The number of carbonyl (C=O) groups is 1. The highest BCUT2D eigenvalue weighted by atomic mass is 32.1. The number of anilines is 1. The Hall–Kier alpha value is -3.83. The van der Waals surface area contributed by atoms with Crippen molar-refractivity contribution >= 4 is 32.6 Å². The molecule has 0 bridgehead atoms. The minimum atomic E-state index is -0.0468. The molecule has 2 heterocycles. The lowest BCUT2D eigenvalue weighted by molar-refractivity contribution is -0.119. The number of hydrogen-bond donors (Lipinski definition) is 0. The summed E-state index contributed by atoms with van der Waals surface area (Å²) in [7, 11) is 0. The average Bonchev–Trinajstić information content (AvgIpc) is 3.31. The van der Waals surface area contributed by atoms with Gasteiger partial charge in [0.05, 0.1) is 22.5 Å². The molecule has 3 aromatic carbocycles. The van der Waals surface area contributed by atoms with Gasteiger partial charge in [0.25, 0.3) is 0 Å². The number of hydrogen-bond acceptors (Lipinski definition) is 4. The number of aryl methyl sites for hydroxylation is 2. The van der Waals surface area contributed by atoms with Crippen LogP contribution in [-0.2, 0) is 11.3 Å². The zero-order valence-corrected chi connectivity index (χ0v) is 20.7. The van der Waals surface area contributed by atoms with E-state index in [1.165, 1.54) is 5.56 Å². The Morgan fingerprint density at radius 3 is 2.17 bits per heavy atom. The molecule has 2 aromatic heterocycles. The van der Waals surface area contributed by atoms with Gasteiger partial charge in [-0.25, -0.2) is 4.98 Å². The summed E-state index contributed by atoms with van der Waals surface area (Å²) >= 11 is 1.57. The van der Waals surface area contributed by atoms with Gasteiger partial charge in [-0.3, -0.25) is 14.7 Å². The number of thiazole rings is 1. The van der Waals surface area contributed by atoms with E-state index < -0.39 is 0 Å². The highest BCUT2D eigenvalue weighted by Crippen LogP contribution is 2.35. The minimum Gasteiger partial charge on any atom is -0.282 e. The van der Waals surface area contributed by atoms with Gasteiger partial charge >= 0.3 is 0 Å². The van der Waals surface area contributed by atoms with Crippen LogP contribution in [0.15, 0.2) is 97.2 Å². The topological polar surface area (TPSA) is 46.1 Å². The summed E-state index contributed by atoms with van der Waals surface area (Å²) in [4.78, 5) is 25.2. The van der Waals surface area contributed by atoms with Gasteiger partial charge in [0.15, 0.2) is 5.13 Å². The van der Waals surface area contributed by atoms with Gasteiger partial charge in [-0.1, -0.05) is 84.1 Å². The van der Waals surface area contributed by atoms with E-state index in [2.05, 4.69) is 55.2 Å². The van der Waals surface area contributed by atoms with E-state index in [-0.39, 0.29) is 11.8 Å². The second kappa shape index (κ2) is 10.2. The van der Waals surface area contributed by atoms with E-state index in [1.807, 2.05) is 54.6 Å². The summed E-state index contributed by atoms with van der Waals surface area (Å²) in [5.74, 6) is -0.0173. The first kappa shape index (κ1) is 22.9. The molecule has 0 aliphatic carbocycles. The van der Waals surface area contributed by atoms with Crippen LogP contribution in [0.1, 0.15) is 40.3 Å². The highest BCUT2D eigenvalue weighted by molar-refractivity contribution is 7.22. The predicted molar refractivity (Wildman–Crippen MR) is 144 cm³/mol. The molecule has 1 amide bonds. The molecule has 0 saturated heterocycles. The monoisotopic (exact) mass is 477 g/mol. The smallest absolute Gasteiger partial charge is 0.230 e. The fraction of sp³-hybridized carbons (Fsp3) is 0.167. The quantitative estimate of drug-likeness (QED) is 0.252. The Labute approximate surface area is 209 Å². The molecule has 0 spiro atoms. The van der Waals surface area contributed by atoms with Crippen molar-refractivity contribution in [3.05, 3.63) is 125 Å². The Bertz CT molecular complexity index is 1390. The first-order valence-corrected chi connectivity index (χ1v) is 12.6. The van der Waals surface area contributed by atoms with Crippen LogP contribution in [-0.4, -0.2) is 15.9 Å². The van der Waals surface area contributed by atoms with Crippen LogP contribution in [0.5, 0.6) is 0 Å². The van der Waals surface area contributed by atoms with Crippen LogP contribution in [0, 0.1) is 13.8 Å². The molecule has 0 fully saturated rings. The van der Waals surface area contributed by atoms with Crippen molar-refractivity contribution in [1.29, 1.82) is 0 Å². The second-order valence-corrected chi connectivity index (χ2v) is 9.81. The van der Waals surface area contributed by atoms with Crippen molar-refractivity contribution in [1.82, 2.24) is 9.97 Å². The third-order valence-corrected chi connectivity index (χ3v) is 7.20. The van der Waals surface area contributed by atoms with Crippen LogP contribution in [0.3, 0.4) is 0 Å². The number of fused-ring (bicyclic) bond motifs is 1. The summed E-state index contributed by atoms with van der Waals surface area (Å²) in [6, 6.07) is 30.6. The summed E-state index contributed by atoms with van der Waals surface area (Å²) < 4.78 is 1.10. The van der Waals surface area contributed by atoms with Gasteiger partial charge in [-0.05, 0) is 54.3 Å². The lowest BCUT2D eigenvalue weighted by atomic mass is 9.88. The lowest BCUT2D eigenvalue weighted by Crippen LogP contribution is -2.32. The zero-order valence-electron chi connectivity index (χ0n) is 19.9. The molecule has 5 heteroatoms. The van der Waals surface area contributed by atoms with Gasteiger partial charge < -0.3 is 0 Å². The number of amides is 1. The number of carbonyl (C=O) groups excluding carboxylic acids is 1. The molecule has 0 N–H and O–H groups in total. The molecule has 0 aliphatic rings.